The molecule has 0 bridgehead atoms. The molecular formula is C15H17ClIN3. The molecule has 0 aliphatic rings. The Kier molecular flexibility index (Phi) is 4.54. The zero-order chi connectivity index (χ0) is 14.9. The standard InChI is InChI=1S/C15H17ClIN3/c1-9-12(16)19-14(15(2,3)4)20-13(9)18-11-7-5-6-10(17)8-11/h5-8H,1-4H3,(H,18,19,20). The topological polar surface area (TPSA) is 37.8 Å². The summed E-state index contributed by atoms with van der Waals surface area (Å²) in [7, 11) is 0. The summed E-state index contributed by atoms with van der Waals surface area (Å²) >= 11 is 8.51. The van der Waals surface area contributed by atoms with Crippen LogP contribution in [-0.2, 0) is 5.41 Å². The van der Waals surface area contributed by atoms with Gasteiger partial charge in [-0.15, -0.1) is 0 Å². The van der Waals surface area contributed by atoms with E-state index in [2.05, 4.69) is 64.7 Å². The molecule has 2 rings (SSSR count). The Hall–Kier alpha value is -0.880. The minimum absolute atomic E-state index is 0.140. The zero-order valence-electron chi connectivity index (χ0n) is 12.0. The molecule has 5 heteroatoms. The molecule has 0 amide bonds. The summed E-state index contributed by atoms with van der Waals surface area (Å²) in [5.41, 5.74) is 1.71. The Labute approximate surface area is 138 Å². The van der Waals surface area contributed by atoms with Crippen molar-refractivity contribution in [3.05, 3.63) is 44.4 Å². The molecule has 0 saturated heterocycles. The van der Waals surface area contributed by atoms with Gasteiger partial charge in [-0.3, -0.25) is 0 Å². The first-order valence-electron chi connectivity index (χ1n) is 6.34. The molecule has 0 saturated carbocycles. The van der Waals surface area contributed by atoms with E-state index in [0.29, 0.717) is 5.15 Å². The van der Waals surface area contributed by atoms with Crippen molar-refractivity contribution >= 4 is 45.7 Å². The number of nitrogens with one attached hydrogen (secondary N) is 1. The second-order valence-electron chi connectivity index (χ2n) is 5.70. The third-order valence-electron chi connectivity index (χ3n) is 2.84. The molecule has 0 atom stereocenters. The Morgan fingerprint density at radius 1 is 1.20 bits per heavy atom. The van der Waals surface area contributed by atoms with Crippen LogP contribution in [0.25, 0.3) is 0 Å². The molecule has 0 aliphatic heterocycles. The number of halogens is 2. The lowest BCUT2D eigenvalue weighted by atomic mass is 9.95. The monoisotopic (exact) mass is 401 g/mol. The van der Waals surface area contributed by atoms with Crippen molar-refractivity contribution in [1.82, 2.24) is 9.97 Å². The van der Waals surface area contributed by atoms with Crippen LogP contribution in [0.3, 0.4) is 0 Å². The Morgan fingerprint density at radius 2 is 1.90 bits per heavy atom. The number of nitrogens with zero attached hydrogens (tertiary/aromatic N) is 2. The molecule has 3 nitrogen and oxygen atoms in total. The fourth-order valence-electron chi connectivity index (χ4n) is 1.65. The van der Waals surface area contributed by atoms with Crippen LogP contribution in [0.2, 0.25) is 5.15 Å². The van der Waals surface area contributed by atoms with E-state index < -0.39 is 0 Å². The van der Waals surface area contributed by atoms with E-state index in [0.717, 1.165) is 22.9 Å². The minimum Gasteiger partial charge on any atom is -0.340 e. The van der Waals surface area contributed by atoms with Gasteiger partial charge in [0.2, 0.25) is 0 Å². The minimum atomic E-state index is -0.140. The van der Waals surface area contributed by atoms with E-state index in [9.17, 15) is 0 Å². The molecule has 0 spiro atoms. The van der Waals surface area contributed by atoms with Gasteiger partial charge >= 0.3 is 0 Å². The van der Waals surface area contributed by atoms with Crippen molar-refractivity contribution in [2.24, 2.45) is 0 Å². The highest BCUT2D eigenvalue weighted by molar-refractivity contribution is 14.1. The van der Waals surface area contributed by atoms with Crippen molar-refractivity contribution in [3.8, 4) is 0 Å². The fraction of sp³-hybridized carbons (Fsp3) is 0.333. The number of hydrogen-bond donors (Lipinski definition) is 1. The maximum atomic E-state index is 6.23. The maximum Gasteiger partial charge on any atom is 0.138 e. The van der Waals surface area contributed by atoms with Gasteiger partial charge in [0.1, 0.15) is 16.8 Å². The average Bonchev–Trinajstić information content (AvgIpc) is 2.33. The van der Waals surface area contributed by atoms with Crippen molar-refractivity contribution in [2.45, 2.75) is 33.1 Å². The van der Waals surface area contributed by atoms with E-state index in [1.807, 2.05) is 25.1 Å². The molecular weight excluding hydrogens is 385 g/mol. The van der Waals surface area contributed by atoms with Crippen LogP contribution >= 0.6 is 34.2 Å². The Balaban J connectivity index is 2.43. The molecule has 0 radical (unpaired) electrons. The SMILES string of the molecule is Cc1c(Cl)nc(C(C)(C)C)nc1Nc1cccc(I)c1. The highest BCUT2D eigenvalue weighted by Crippen LogP contribution is 2.28. The van der Waals surface area contributed by atoms with Gasteiger partial charge in [-0.2, -0.15) is 0 Å². The highest BCUT2D eigenvalue weighted by atomic mass is 127. The summed E-state index contributed by atoms with van der Waals surface area (Å²) in [6, 6.07) is 8.13. The molecule has 0 aliphatic carbocycles. The van der Waals surface area contributed by atoms with Crippen molar-refractivity contribution in [2.75, 3.05) is 5.32 Å². The molecule has 1 aromatic carbocycles. The first-order valence-corrected chi connectivity index (χ1v) is 7.80. The lowest BCUT2D eigenvalue weighted by Gasteiger charge is -2.19. The molecule has 0 unspecified atom stereocenters. The van der Waals surface area contributed by atoms with Crippen LogP contribution in [0.1, 0.15) is 32.2 Å². The number of hydrogen-bond acceptors (Lipinski definition) is 3. The third-order valence-corrected chi connectivity index (χ3v) is 3.88. The molecule has 106 valence electrons. The van der Waals surface area contributed by atoms with Crippen molar-refractivity contribution in [1.29, 1.82) is 0 Å². The molecule has 1 N–H and O–H groups in total. The van der Waals surface area contributed by atoms with Crippen LogP contribution < -0.4 is 5.32 Å². The number of benzene rings is 1. The first kappa shape index (κ1) is 15.5. The first-order chi connectivity index (χ1) is 9.27. The second-order valence-corrected chi connectivity index (χ2v) is 7.30. The second kappa shape index (κ2) is 5.85. The largest absolute Gasteiger partial charge is 0.340 e. The molecule has 0 fully saturated rings. The lowest BCUT2D eigenvalue weighted by molar-refractivity contribution is 0.545. The van der Waals surface area contributed by atoms with Gasteiger partial charge in [-0.25, -0.2) is 9.97 Å². The molecule has 1 aromatic heterocycles. The summed E-state index contributed by atoms with van der Waals surface area (Å²) in [6.07, 6.45) is 0. The lowest BCUT2D eigenvalue weighted by Crippen LogP contribution is -2.17. The van der Waals surface area contributed by atoms with Crippen molar-refractivity contribution < 1.29 is 0 Å². The predicted octanol–water partition coefficient (Wildman–Crippen LogP) is 5.08. The predicted molar refractivity (Wildman–Crippen MR) is 92.9 cm³/mol. The van der Waals surface area contributed by atoms with E-state index in [1.165, 1.54) is 3.57 Å². The molecule has 2 aromatic rings. The van der Waals surface area contributed by atoms with Crippen LogP contribution in [-0.4, -0.2) is 9.97 Å². The van der Waals surface area contributed by atoms with Crippen LogP contribution in [0.15, 0.2) is 24.3 Å². The highest BCUT2D eigenvalue weighted by Gasteiger charge is 2.20. The van der Waals surface area contributed by atoms with Gasteiger partial charge in [-0.1, -0.05) is 38.4 Å². The number of rotatable bonds is 2. The summed E-state index contributed by atoms with van der Waals surface area (Å²) in [6.45, 7) is 8.14. The Bertz CT molecular complexity index is 636. The zero-order valence-corrected chi connectivity index (χ0v) is 14.9. The van der Waals surface area contributed by atoms with E-state index in [4.69, 9.17) is 11.6 Å². The fourth-order valence-corrected chi connectivity index (χ4v) is 2.36. The smallest absolute Gasteiger partial charge is 0.138 e. The van der Waals surface area contributed by atoms with Gasteiger partial charge in [-0.05, 0) is 47.7 Å². The van der Waals surface area contributed by atoms with E-state index in [-0.39, 0.29) is 5.41 Å². The van der Waals surface area contributed by atoms with Gasteiger partial charge in [0.15, 0.2) is 0 Å². The molecule has 1 heterocycles. The van der Waals surface area contributed by atoms with Crippen LogP contribution in [0.4, 0.5) is 11.5 Å². The molecule has 20 heavy (non-hydrogen) atoms. The quantitative estimate of drug-likeness (QED) is 0.563. The van der Waals surface area contributed by atoms with Gasteiger partial charge < -0.3 is 5.32 Å². The van der Waals surface area contributed by atoms with E-state index >= 15 is 0 Å². The number of anilines is 2. The summed E-state index contributed by atoms with van der Waals surface area (Å²) in [4.78, 5) is 9.00. The Morgan fingerprint density at radius 3 is 2.50 bits per heavy atom. The van der Waals surface area contributed by atoms with E-state index in [1.54, 1.807) is 0 Å². The third kappa shape index (κ3) is 3.61. The van der Waals surface area contributed by atoms with Crippen LogP contribution in [0, 0.1) is 10.5 Å². The van der Waals surface area contributed by atoms with Gasteiger partial charge in [0, 0.05) is 20.2 Å². The summed E-state index contributed by atoms with van der Waals surface area (Å²) in [5, 5.41) is 3.82. The number of aromatic nitrogens is 2. The summed E-state index contributed by atoms with van der Waals surface area (Å²) < 4.78 is 1.17. The average molecular weight is 402 g/mol. The normalized spacial score (nSPS) is 11.5. The summed E-state index contributed by atoms with van der Waals surface area (Å²) in [5.74, 6) is 1.50. The maximum absolute atomic E-state index is 6.23. The van der Waals surface area contributed by atoms with Crippen LogP contribution in [0.5, 0.6) is 0 Å². The van der Waals surface area contributed by atoms with Gasteiger partial charge in [0.05, 0.1) is 0 Å². The van der Waals surface area contributed by atoms with Gasteiger partial charge in [0.25, 0.3) is 0 Å². The van der Waals surface area contributed by atoms with Crippen molar-refractivity contribution in [3.63, 3.8) is 0 Å².